The van der Waals surface area contributed by atoms with Gasteiger partial charge in [-0.05, 0) is 44.2 Å². The minimum atomic E-state index is -0.100. The SMILES string of the molecule is CCN(CC)c1ccc(NC(=O)c2cc[nH]c2)cc1. The molecule has 0 aliphatic rings. The molecule has 0 saturated carbocycles. The summed E-state index contributed by atoms with van der Waals surface area (Å²) >= 11 is 0. The zero-order valence-electron chi connectivity index (χ0n) is 11.3. The van der Waals surface area contributed by atoms with Crippen LogP contribution in [0.1, 0.15) is 24.2 Å². The Bertz CT molecular complexity index is 513. The molecule has 0 fully saturated rings. The van der Waals surface area contributed by atoms with Gasteiger partial charge in [-0.1, -0.05) is 0 Å². The molecule has 0 aliphatic heterocycles. The lowest BCUT2D eigenvalue weighted by molar-refractivity contribution is 0.102. The molecular formula is C15H19N3O. The fraction of sp³-hybridized carbons (Fsp3) is 0.267. The van der Waals surface area contributed by atoms with Crippen LogP contribution >= 0.6 is 0 Å². The third kappa shape index (κ3) is 3.16. The van der Waals surface area contributed by atoms with Gasteiger partial charge in [0.2, 0.25) is 0 Å². The number of amides is 1. The summed E-state index contributed by atoms with van der Waals surface area (Å²) in [6, 6.07) is 9.66. The van der Waals surface area contributed by atoms with E-state index in [2.05, 4.69) is 29.0 Å². The van der Waals surface area contributed by atoms with E-state index in [0.29, 0.717) is 5.56 Å². The normalized spacial score (nSPS) is 10.2. The second-order valence-corrected chi connectivity index (χ2v) is 4.27. The summed E-state index contributed by atoms with van der Waals surface area (Å²) in [4.78, 5) is 17.0. The largest absolute Gasteiger partial charge is 0.372 e. The molecule has 0 radical (unpaired) electrons. The molecule has 1 heterocycles. The van der Waals surface area contributed by atoms with Crippen molar-refractivity contribution in [2.24, 2.45) is 0 Å². The van der Waals surface area contributed by atoms with Gasteiger partial charge in [-0.25, -0.2) is 0 Å². The molecule has 2 aromatic rings. The van der Waals surface area contributed by atoms with Crippen LogP contribution in [0.2, 0.25) is 0 Å². The molecule has 1 aromatic carbocycles. The van der Waals surface area contributed by atoms with Gasteiger partial charge in [0.25, 0.3) is 5.91 Å². The Hall–Kier alpha value is -2.23. The molecule has 2 N–H and O–H groups in total. The predicted molar refractivity (Wildman–Crippen MR) is 78.7 cm³/mol. The summed E-state index contributed by atoms with van der Waals surface area (Å²) in [6.07, 6.45) is 3.41. The van der Waals surface area contributed by atoms with Gasteiger partial charge in [0.15, 0.2) is 0 Å². The molecule has 4 nitrogen and oxygen atoms in total. The smallest absolute Gasteiger partial charge is 0.257 e. The first-order chi connectivity index (χ1) is 9.24. The van der Waals surface area contributed by atoms with Crippen LogP contribution in [0.25, 0.3) is 0 Å². The predicted octanol–water partition coefficient (Wildman–Crippen LogP) is 3.11. The fourth-order valence-electron chi connectivity index (χ4n) is 2.01. The van der Waals surface area contributed by atoms with Crippen LogP contribution in [0.3, 0.4) is 0 Å². The van der Waals surface area contributed by atoms with Gasteiger partial charge in [-0.2, -0.15) is 0 Å². The number of aromatic amines is 1. The highest BCUT2D eigenvalue weighted by Gasteiger charge is 2.06. The molecule has 4 heteroatoms. The summed E-state index contributed by atoms with van der Waals surface area (Å²) in [6.45, 7) is 6.22. The maximum absolute atomic E-state index is 11.9. The highest BCUT2D eigenvalue weighted by atomic mass is 16.1. The van der Waals surface area contributed by atoms with Gasteiger partial charge in [-0.15, -0.1) is 0 Å². The lowest BCUT2D eigenvalue weighted by atomic mass is 10.2. The second kappa shape index (κ2) is 6.09. The van der Waals surface area contributed by atoms with Crippen LogP contribution in [0.5, 0.6) is 0 Å². The minimum Gasteiger partial charge on any atom is -0.372 e. The van der Waals surface area contributed by atoms with Crippen molar-refractivity contribution in [1.29, 1.82) is 0 Å². The summed E-state index contributed by atoms with van der Waals surface area (Å²) in [5.74, 6) is -0.100. The molecule has 100 valence electrons. The van der Waals surface area contributed by atoms with E-state index in [9.17, 15) is 4.79 Å². The van der Waals surface area contributed by atoms with Crippen molar-refractivity contribution in [3.63, 3.8) is 0 Å². The van der Waals surface area contributed by atoms with E-state index in [0.717, 1.165) is 18.8 Å². The van der Waals surface area contributed by atoms with Gasteiger partial charge in [0.05, 0.1) is 5.56 Å². The maximum atomic E-state index is 11.9. The zero-order chi connectivity index (χ0) is 13.7. The fourth-order valence-corrected chi connectivity index (χ4v) is 2.01. The van der Waals surface area contributed by atoms with E-state index in [4.69, 9.17) is 0 Å². The molecule has 0 atom stereocenters. The quantitative estimate of drug-likeness (QED) is 0.864. The number of benzene rings is 1. The van der Waals surface area contributed by atoms with Crippen molar-refractivity contribution in [2.45, 2.75) is 13.8 Å². The standard InChI is InChI=1S/C15H19N3O/c1-3-18(4-2)14-7-5-13(6-8-14)17-15(19)12-9-10-16-11-12/h5-11,16H,3-4H2,1-2H3,(H,17,19). The molecule has 1 amide bonds. The summed E-state index contributed by atoms with van der Waals surface area (Å²) < 4.78 is 0. The topological polar surface area (TPSA) is 48.1 Å². The van der Waals surface area contributed by atoms with E-state index in [-0.39, 0.29) is 5.91 Å². The van der Waals surface area contributed by atoms with Crippen LogP contribution in [0, 0.1) is 0 Å². The van der Waals surface area contributed by atoms with Gasteiger partial charge in [0.1, 0.15) is 0 Å². The number of nitrogens with one attached hydrogen (secondary N) is 2. The molecule has 0 saturated heterocycles. The first kappa shape index (κ1) is 13.2. The van der Waals surface area contributed by atoms with Crippen molar-refractivity contribution in [3.05, 3.63) is 48.3 Å². The monoisotopic (exact) mass is 257 g/mol. The zero-order valence-corrected chi connectivity index (χ0v) is 11.3. The van der Waals surface area contributed by atoms with Crippen molar-refractivity contribution >= 4 is 17.3 Å². The highest BCUT2D eigenvalue weighted by Crippen LogP contribution is 2.18. The minimum absolute atomic E-state index is 0.100. The van der Waals surface area contributed by atoms with Crippen LogP contribution in [-0.2, 0) is 0 Å². The van der Waals surface area contributed by atoms with Crippen LogP contribution in [0.15, 0.2) is 42.7 Å². The summed E-state index contributed by atoms with van der Waals surface area (Å²) in [5.41, 5.74) is 2.61. The number of hydrogen-bond acceptors (Lipinski definition) is 2. The second-order valence-electron chi connectivity index (χ2n) is 4.27. The Kier molecular flexibility index (Phi) is 4.23. The van der Waals surface area contributed by atoms with Gasteiger partial charge >= 0.3 is 0 Å². The van der Waals surface area contributed by atoms with Crippen LogP contribution in [-0.4, -0.2) is 24.0 Å². The summed E-state index contributed by atoms with van der Waals surface area (Å²) in [5, 5.41) is 2.87. The van der Waals surface area contributed by atoms with E-state index in [1.165, 1.54) is 5.69 Å². The Morgan fingerprint density at radius 2 is 1.84 bits per heavy atom. The van der Waals surface area contributed by atoms with E-state index in [1.54, 1.807) is 18.5 Å². The summed E-state index contributed by atoms with van der Waals surface area (Å²) in [7, 11) is 0. The van der Waals surface area contributed by atoms with Crippen LogP contribution in [0.4, 0.5) is 11.4 Å². The number of hydrogen-bond donors (Lipinski definition) is 2. The van der Waals surface area contributed by atoms with E-state index in [1.807, 2.05) is 24.3 Å². The average Bonchev–Trinajstić information content (AvgIpc) is 2.96. The molecule has 2 rings (SSSR count). The number of carbonyl (C=O) groups excluding carboxylic acids is 1. The van der Waals surface area contributed by atoms with Gasteiger partial charge in [0, 0.05) is 36.9 Å². The molecule has 0 unspecified atom stereocenters. The van der Waals surface area contributed by atoms with Crippen molar-refractivity contribution in [3.8, 4) is 0 Å². The Morgan fingerprint density at radius 3 is 2.37 bits per heavy atom. The Balaban J connectivity index is 2.05. The lowest BCUT2D eigenvalue weighted by Gasteiger charge is -2.21. The molecule has 19 heavy (non-hydrogen) atoms. The van der Waals surface area contributed by atoms with E-state index < -0.39 is 0 Å². The highest BCUT2D eigenvalue weighted by molar-refractivity contribution is 6.04. The number of aromatic nitrogens is 1. The Morgan fingerprint density at radius 1 is 1.16 bits per heavy atom. The lowest BCUT2D eigenvalue weighted by Crippen LogP contribution is -2.21. The van der Waals surface area contributed by atoms with Gasteiger partial charge < -0.3 is 15.2 Å². The number of carbonyl (C=O) groups is 1. The molecule has 1 aromatic heterocycles. The average molecular weight is 257 g/mol. The molecular weight excluding hydrogens is 238 g/mol. The first-order valence-corrected chi connectivity index (χ1v) is 6.53. The number of anilines is 2. The molecule has 0 bridgehead atoms. The van der Waals surface area contributed by atoms with Crippen molar-refractivity contribution < 1.29 is 4.79 Å². The van der Waals surface area contributed by atoms with E-state index >= 15 is 0 Å². The first-order valence-electron chi connectivity index (χ1n) is 6.53. The van der Waals surface area contributed by atoms with Crippen LogP contribution < -0.4 is 10.2 Å². The number of nitrogens with zero attached hydrogens (tertiary/aromatic N) is 1. The van der Waals surface area contributed by atoms with Crippen molar-refractivity contribution in [1.82, 2.24) is 4.98 Å². The molecule has 0 aliphatic carbocycles. The number of rotatable bonds is 5. The third-order valence-electron chi connectivity index (χ3n) is 3.11. The van der Waals surface area contributed by atoms with Gasteiger partial charge in [-0.3, -0.25) is 4.79 Å². The molecule has 0 spiro atoms. The maximum Gasteiger partial charge on any atom is 0.257 e. The Labute approximate surface area is 113 Å². The van der Waals surface area contributed by atoms with Crippen molar-refractivity contribution in [2.75, 3.05) is 23.3 Å². The third-order valence-corrected chi connectivity index (χ3v) is 3.11. The number of H-pyrrole nitrogens is 1.